The van der Waals surface area contributed by atoms with Crippen LogP contribution in [0.5, 0.6) is 0 Å². The third-order valence-electron chi connectivity index (χ3n) is 3.37. The fourth-order valence-electron chi connectivity index (χ4n) is 2.35. The highest BCUT2D eigenvalue weighted by Crippen LogP contribution is 2.26. The second kappa shape index (κ2) is 6.66. The molecule has 100 valence electrons. The van der Waals surface area contributed by atoms with Gasteiger partial charge in [0.1, 0.15) is 0 Å². The van der Waals surface area contributed by atoms with Gasteiger partial charge in [-0.05, 0) is 38.2 Å². The molecule has 1 aliphatic rings. The van der Waals surface area contributed by atoms with E-state index in [1.54, 1.807) is 0 Å². The second-order valence-electron chi connectivity index (χ2n) is 4.96. The first kappa shape index (κ1) is 14.0. The van der Waals surface area contributed by atoms with E-state index < -0.39 is 0 Å². The molecule has 4 heteroatoms. The lowest BCUT2D eigenvalue weighted by Crippen LogP contribution is -2.40. The maximum Gasteiger partial charge on any atom is 0.0718 e. The Morgan fingerprint density at radius 2 is 2.11 bits per heavy atom. The monoisotopic (exact) mass is 312 g/mol. The molecule has 0 amide bonds. The van der Waals surface area contributed by atoms with Crippen LogP contribution >= 0.6 is 15.9 Å². The van der Waals surface area contributed by atoms with E-state index in [1.807, 2.05) is 0 Å². The summed E-state index contributed by atoms with van der Waals surface area (Å²) < 4.78 is 6.93. The molecule has 2 atom stereocenters. The lowest BCUT2D eigenvalue weighted by Gasteiger charge is -2.31. The molecule has 2 rings (SSSR count). The van der Waals surface area contributed by atoms with Gasteiger partial charge in [0.25, 0.3) is 0 Å². The van der Waals surface area contributed by atoms with E-state index in [9.17, 15) is 0 Å². The van der Waals surface area contributed by atoms with Crippen LogP contribution < -0.4 is 5.32 Å². The molecule has 1 fully saturated rings. The Morgan fingerprint density at radius 1 is 1.39 bits per heavy atom. The summed E-state index contributed by atoms with van der Waals surface area (Å²) in [5.41, 5.74) is 1.34. The van der Waals surface area contributed by atoms with Gasteiger partial charge in [-0.25, -0.2) is 0 Å². The molecule has 0 aromatic heterocycles. The van der Waals surface area contributed by atoms with Crippen LogP contribution in [0.4, 0.5) is 0 Å². The molecule has 3 nitrogen and oxygen atoms in total. The molecular weight excluding hydrogens is 292 g/mol. The molecule has 0 radical (unpaired) electrons. The maximum atomic E-state index is 5.81. The average molecular weight is 313 g/mol. The molecule has 1 heterocycles. The lowest BCUT2D eigenvalue weighted by atomic mass is 9.99. The Bertz CT molecular complexity index is 361. The molecule has 0 aliphatic carbocycles. The zero-order chi connectivity index (χ0) is 13.0. The highest BCUT2D eigenvalue weighted by molar-refractivity contribution is 9.10. The Hall–Kier alpha value is -0.420. The summed E-state index contributed by atoms with van der Waals surface area (Å²) in [7, 11) is 4.26. The van der Waals surface area contributed by atoms with Crippen LogP contribution in [0.3, 0.4) is 0 Å². The molecule has 0 spiro atoms. The Kier molecular flexibility index (Phi) is 5.18. The molecule has 2 unspecified atom stereocenters. The number of ether oxygens (including phenoxy) is 1. The summed E-state index contributed by atoms with van der Waals surface area (Å²) in [6.45, 7) is 2.76. The SMILES string of the molecule is CN(C)C(CC1CNCCO1)c1ccc(Br)cc1. The molecule has 18 heavy (non-hydrogen) atoms. The molecule has 0 bridgehead atoms. The van der Waals surface area contributed by atoms with Crippen LogP contribution in [0.25, 0.3) is 0 Å². The molecular formula is C14H21BrN2O. The third kappa shape index (κ3) is 3.79. The van der Waals surface area contributed by atoms with Crippen LogP contribution in [0.15, 0.2) is 28.7 Å². The number of nitrogens with one attached hydrogen (secondary N) is 1. The quantitative estimate of drug-likeness (QED) is 0.924. The minimum atomic E-state index is 0.315. The van der Waals surface area contributed by atoms with Crippen molar-refractivity contribution < 1.29 is 4.74 Å². The van der Waals surface area contributed by atoms with Crippen LogP contribution in [0.1, 0.15) is 18.0 Å². The van der Waals surface area contributed by atoms with Crippen molar-refractivity contribution in [3.05, 3.63) is 34.3 Å². The van der Waals surface area contributed by atoms with Gasteiger partial charge in [-0.3, -0.25) is 0 Å². The number of halogens is 1. The summed E-state index contributed by atoms with van der Waals surface area (Å²) in [5, 5.41) is 3.39. The van der Waals surface area contributed by atoms with Gasteiger partial charge in [-0.1, -0.05) is 28.1 Å². The first-order valence-corrected chi connectivity index (χ1v) is 7.20. The average Bonchev–Trinajstić information content (AvgIpc) is 2.38. The zero-order valence-electron chi connectivity index (χ0n) is 11.0. The molecule has 1 N–H and O–H groups in total. The van der Waals surface area contributed by atoms with Crippen molar-refractivity contribution in [2.45, 2.75) is 18.6 Å². The first-order chi connectivity index (χ1) is 8.66. The minimum absolute atomic E-state index is 0.315. The van der Waals surface area contributed by atoms with Crippen molar-refractivity contribution >= 4 is 15.9 Å². The predicted octanol–water partition coefficient (Wildman–Crippen LogP) is 2.43. The van der Waals surface area contributed by atoms with Gasteiger partial charge in [-0.15, -0.1) is 0 Å². The van der Waals surface area contributed by atoms with Gasteiger partial charge in [0.2, 0.25) is 0 Å². The lowest BCUT2D eigenvalue weighted by molar-refractivity contribution is 0.00894. The van der Waals surface area contributed by atoms with Gasteiger partial charge >= 0.3 is 0 Å². The van der Waals surface area contributed by atoms with Gasteiger partial charge < -0.3 is 15.0 Å². The van der Waals surface area contributed by atoms with Gasteiger partial charge in [0.05, 0.1) is 12.7 Å². The van der Waals surface area contributed by atoms with Gasteiger partial charge in [-0.2, -0.15) is 0 Å². The molecule has 0 saturated carbocycles. The van der Waals surface area contributed by atoms with Gasteiger partial charge in [0.15, 0.2) is 0 Å². The molecule has 1 aromatic carbocycles. The number of hydrogen-bond acceptors (Lipinski definition) is 3. The van der Waals surface area contributed by atoms with Crippen LogP contribution in [-0.4, -0.2) is 44.8 Å². The fourth-order valence-corrected chi connectivity index (χ4v) is 2.61. The topological polar surface area (TPSA) is 24.5 Å². The van der Waals surface area contributed by atoms with Crippen molar-refractivity contribution in [1.82, 2.24) is 10.2 Å². The number of morpholine rings is 1. The van der Waals surface area contributed by atoms with Crippen molar-refractivity contribution in [2.75, 3.05) is 33.8 Å². The fraction of sp³-hybridized carbons (Fsp3) is 0.571. The summed E-state index contributed by atoms with van der Waals surface area (Å²) in [5.74, 6) is 0. The maximum absolute atomic E-state index is 5.81. The Balaban J connectivity index is 2.05. The Morgan fingerprint density at radius 3 is 2.67 bits per heavy atom. The highest BCUT2D eigenvalue weighted by Gasteiger charge is 2.22. The summed E-state index contributed by atoms with van der Waals surface area (Å²) >= 11 is 3.48. The normalized spacial score (nSPS) is 22.1. The minimum Gasteiger partial charge on any atom is -0.376 e. The molecule has 1 saturated heterocycles. The van der Waals surface area contributed by atoms with E-state index in [1.165, 1.54) is 5.56 Å². The zero-order valence-corrected chi connectivity index (χ0v) is 12.6. The predicted molar refractivity (Wildman–Crippen MR) is 77.8 cm³/mol. The van der Waals surface area contributed by atoms with E-state index in [-0.39, 0.29) is 0 Å². The van der Waals surface area contributed by atoms with Crippen LogP contribution in [0, 0.1) is 0 Å². The van der Waals surface area contributed by atoms with Crippen molar-refractivity contribution in [2.24, 2.45) is 0 Å². The number of benzene rings is 1. The smallest absolute Gasteiger partial charge is 0.0718 e. The van der Waals surface area contributed by atoms with E-state index in [4.69, 9.17) is 4.74 Å². The number of rotatable bonds is 4. The van der Waals surface area contributed by atoms with Crippen LogP contribution in [0.2, 0.25) is 0 Å². The summed E-state index contributed by atoms with van der Waals surface area (Å²) in [6, 6.07) is 8.98. The van der Waals surface area contributed by atoms with Gasteiger partial charge in [0, 0.05) is 23.6 Å². The molecule has 1 aromatic rings. The largest absolute Gasteiger partial charge is 0.376 e. The third-order valence-corrected chi connectivity index (χ3v) is 3.90. The van der Waals surface area contributed by atoms with E-state index in [0.29, 0.717) is 12.1 Å². The van der Waals surface area contributed by atoms with Crippen molar-refractivity contribution in [3.63, 3.8) is 0 Å². The molecule has 1 aliphatic heterocycles. The summed E-state index contributed by atoms with van der Waals surface area (Å²) in [6.07, 6.45) is 1.34. The second-order valence-corrected chi connectivity index (χ2v) is 5.88. The highest BCUT2D eigenvalue weighted by atomic mass is 79.9. The number of nitrogens with zero attached hydrogens (tertiary/aromatic N) is 1. The van der Waals surface area contributed by atoms with E-state index >= 15 is 0 Å². The van der Waals surface area contributed by atoms with E-state index in [2.05, 4.69) is 64.5 Å². The first-order valence-electron chi connectivity index (χ1n) is 6.41. The van der Waals surface area contributed by atoms with E-state index in [0.717, 1.165) is 30.6 Å². The summed E-state index contributed by atoms with van der Waals surface area (Å²) in [4.78, 5) is 2.27. The Labute approximate surface area is 118 Å². The standard InChI is InChI=1S/C14H21BrN2O/c1-17(2)14(9-13-10-16-7-8-18-13)11-3-5-12(15)6-4-11/h3-6,13-14,16H,7-10H2,1-2H3. The van der Waals surface area contributed by atoms with Crippen molar-refractivity contribution in [3.8, 4) is 0 Å². The number of hydrogen-bond donors (Lipinski definition) is 1. The van der Waals surface area contributed by atoms with Crippen molar-refractivity contribution in [1.29, 1.82) is 0 Å². The van der Waals surface area contributed by atoms with Crippen LogP contribution in [-0.2, 0) is 4.74 Å².